The van der Waals surface area contributed by atoms with E-state index >= 15 is 0 Å². The zero-order chi connectivity index (χ0) is 14.2. The zero-order valence-corrected chi connectivity index (χ0v) is 12.3. The quantitative estimate of drug-likeness (QED) is 0.636. The summed E-state index contributed by atoms with van der Waals surface area (Å²) in [6.45, 7) is 4.34. The van der Waals surface area contributed by atoms with Crippen molar-refractivity contribution >= 4 is 6.08 Å². The lowest BCUT2D eigenvalue weighted by molar-refractivity contribution is 0.482. The van der Waals surface area contributed by atoms with E-state index in [1.165, 1.54) is 17.5 Å². The van der Waals surface area contributed by atoms with Crippen molar-refractivity contribution in [3.8, 4) is 11.5 Å². The first-order chi connectivity index (χ1) is 9.81. The average molecular weight is 266 g/mol. The largest absolute Gasteiger partial charge is 0.457 e. The fourth-order valence-corrected chi connectivity index (χ4v) is 1.96. The topological polar surface area (TPSA) is 9.23 Å². The molecule has 0 aliphatic heterocycles. The lowest BCUT2D eigenvalue weighted by Gasteiger charge is -2.06. The molecule has 0 amide bonds. The third-order valence-electron chi connectivity index (χ3n) is 3.21. The Morgan fingerprint density at radius 3 is 2.00 bits per heavy atom. The summed E-state index contributed by atoms with van der Waals surface area (Å²) in [6, 6.07) is 16.5. The average Bonchev–Trinajstić information content (AvgIpc) is 2.50. The molecule has 0 saturated carbocycles. The van der Waals surface area contributed by atoms with E-state index in [4.69, 9.17) is 4.74 Å². The number of unbranched alkanes of at least 4 members (excludes halogenated alkanes) is 1. The van der Waals surface area contributed by atoms with E-state index in [2.05, 4.69) is 50.3 Å². The number of rotatable bonds is 6. The second-order valence-corrected chi connectivity index (χ2v) is 4.86. The van der Waals surface area contributed by atoms with Gasteiger partial charge in [0.05, 0.1) is 0 Å². The van der Waals surface area contributed by atoms with Gasteiger partial charge in [-0.1, -0.05) is 56.7 Å². The first kappa shape index (κ1) is 14.4. The molecule has 2 aromatic carbocycles. The van der Waals surface area contributed by atoms with Crippen LogP contribution in [0.4, 0.5) is 0 Å². The molecule has 0 N–H and O–H groups in total. The van der Waals surface area contributed by atoms with Gasteiger partial charge in [-0.25, -0.2) is 0 Å². The molecular formula is C19H22O. The standard InChI is InChI=1S/C19H22O/c1-3-5-6-7-17-10-14-19(15-11-17)20-18-12-8-16(4-2)9-13-18/h6-15H,3-5H2,1-2H3. The first-order valence-corrected chi connectivity index (χ1v) is 7.35. The van der Waals surface area contributed by atoms with Crippen LogP contribution in [0, 0.1) is 0 Å². The van der Waals surface area contributed by atoms with Gasteiger partial charge in [-0.2, -0.15) is 0 Å². The van der Waals surface area contributed by atoms with Crippen molar-refractivity contribution in [1.82, 2.24) is 0 Å². The molecule has 0 heterocycles. The van der Waals surface area contributed by atoms with Crippen LogP contribution in [0.2, 0.25) is 0 Å². The van der Waals surface area contributed by atoms with Crippen molar-refractivity contribution in [3.05, 3.63) is 65.7 Å². The fraction of sp³-hybridized carbons (Fsp3) is 0.263. The second kappa shape index (κ2) is 7.54. The molecule has 0 bridgehead atoms. The van der Waals surface area contributed by atoms with E-state index in [0.29, 0.717) is 0 Å². The van der Waals surface area contributed by atoms with Crippen LogP contribution in [0.1, 0.15) is 37.8 Å². The van der Waals surface area contributed by atoms with Crippen LogP contribution in [0.3, 0.4) is 0 Å². The molecule has 1 heteroatoms. The molecule has 0 saturated heterocycles. The SMILES string of the molecule is CCCC=Cc1ccc(Oc2ccc(CC)cc2)cc1. The molecule has 0 spiro atoms. The van der Waals surface area contributed by atoms with E-state index < -0.39 is 0 Å². The second-order valence-electron chi connectivity index (χ2n) is 4.86. The fourth-order valence-electron chi connectivity index (χ4n) is 1.96. The molecule has 1 nitrogen and oxygen atoms in total. The van der Waals surface area contributed by atoms with Crippen LogP contribution in [0.15, 0.2) is 54.6 Å². The predicted molar refractivity (Wildman–Crippen MR) is 86.3 cm³/mol. The maximum Gasteiger partial charge on any atom is 0.127 e. The van der Waals surface area contributed by atoms with Crippen LogP contribution in [-0.2, 0) is 6.42 Å². The zero-order valence-electron chi connectivity index (χ0n) is 12.3. The highest BCUT2D eigenvalue weighted by Crippen LogP contribution is 2.22. The number of ether oxygens (including phenoxy) is 1. The first-order valence-electron chi connectivity index (χ1n) is 7.35. The third kappa shape index (κ3) is 4.27. The van der Waals surface area contributed by atoms with Crippen molar-refractivity contribution in [2.24, 2.45) is 0 Å². The maximum atomic E-state index is 5.83. The number of benzene rings is 2. The molecule has 0 aliphatic carbocycles. The minimum absolute atomic E-state index is 0.877. The minimum atomic E-state index is 0.877. The van der Waals surface area contributed by atoms with E-state index in [9.17, 15) is 0 Å². The van der Waals surface area contributed by atoms with E-state index in [-0.39, 0.29) is 0 Å². The summed E-state index contributed by atoms with van der Waals surface area (Å²) in [4.78, 5) is 0. The molecule has 2 rings (SSSR count). The predicted octanol–water partition coefficient (Wildman–Crippen LogP) is 5.85. The van der Waals surface area contributed by atoms with Gasteiger partial charge in [0.25, 0.3) is 0 Å². The molecule has 104 valence electrons. The van der Waals surface area contributed by atoms with Crippen LogP contribution < -0.4 is 4.74 Å². The van der Waals surface area contributed by atoms with Crippen molar-refractivity contribution in [2.75, 3.05) is 0 Å². The Labute approximate surface area is 121 Å². The Bertz CT molecular complexity index is 535. The van der Waals surface area contributed by atoms with Gasteiger partial charge in [-0.05, 0) is 48.2 Å². The summed E-state index contributed by atoms with van der Waals surface area (Å²) in [5, 5.41) is 0. The molecule has 2 aromatic rings. The molecule has 0 unspecified atom stereocenters. The van der Waals surface area contributed by atoms with Gasteiger partial charge in [0, 0.05) is 0 Å². The molecule has 0 aliphatic rings. The van der Waals surface area contributed by atoms with Crippen molar-refractivity contribution in [3.63, 3.8) is 0 Å². The lowest BCUT2D eigenvalue weighted by atomic mass is 10.1. The monoisotopic (exact) mass is 266 g/mol. The molecule has 0 fully saturated rings. The van der Waals surface area contributed by atoms with Gasteiger partial charge in [0.2, 0.25) is 0 Å². The summed E-state index contributed by atoms with van der Waals surface area (Å²) >= 11 is 0. The minimum Gasteiger partial charge on any atom is -0.457 e. The highest BCUT2D eigenvalue weighted by molar-refractivity contribution is 5.50. The molecule has 0 atom stereocenters. The summed E-state index contributed by atoms with van der Waals surface area (Å²) in [5.41, 5.74) is 2.54. The Balaban J connectivity index is 1.99. The van der Waals surface area contributed by atoms with E-state index in [0.717, 1.165) is 24.3 Å². The highest BCUT2D eigenvalue weighted by Gasteiger charge is 1.97. The Hall–Kier alpha value is -2.02. The van der Waals surface area contributed by atoms with Crippen LogP contribution in [0.5, 0.6) is 11.5 Å². The van der Waals surface area contributed by atoms with Gasteiger partial charge in [-0.3, -0.25) is 0 Å². The van der Waals surface area contributed by atoms with Gasteiger partial charge in [0.1, 0.15) is 11.5 Å². The number of hydrogen-bond donors (Lipinski definition) is 0. The third-order valence-corrected chi connectivity index (χ3v) is 3.21. The summed E-state index contributed by atoms with van der Waals surface area (Å²) in [6.07, 6.45) is 7.73. The molecule has 20 heavy (non-hydrogen) atoms. The summed E-state index contributed by atoms with van der Waals surface area (Å²) in [7, 11) is 0. The Morgan fingerprint density at radius 1 is 0.850 bits per heavy atom. The Kier molecular flexibility index (Phi) is 5.43. The maximum absolute atomic E-state index is 5.83. The summed E-state index contributed by atoms with van der Waals surface area (Å²) in [5.74, 6) is 1.76. The normalized spacial score (nSPS) is 10.9. The molecule has 0 aromatic heterocycles. The van der Waals surface area contributed by atoms with Crippen molar-refractivity contribution in [2.45, 2.75) is 33.1 Å². The van der Waals surface area contributed by atoms with Crippen LogP contribution in [-0.4, -0.2) is 0 Å². The number of allylic oxidation sites excluding steroid dienone is 1. The summed E-state index contributed by atoms with van der Waals surface area (Å²) < 4.78 is 5.83. The lowest BCUT2D eigenvalue weighted by Crippen LogP contribution is -1.85. The number of hydrogen-bond acceptors (Lipinski definition) is 1. The number of aryl methyl sites for hydroxylation is 1. The van der Waals surface area contributed by atoms with E-state index in [1.807, 2.05) is 24.3 Å². The van der Waals surface area contributed by atoms with Gasteiger partial charge >= 0.3 is 0 Å². The van der Waals surface area contributed by atoms with Crippen molar-refractivity contribution in [1.29, 1.82) is 0 Å². The van der Waals surface area contributed by atoms with Gasteiger partial charge < -0.3 is 4.74 Å². The van der Waals surface area contributed by atoms with E-state index in [1.54, 1.807) is 0 Å². The van der Waals surface area contributed by atoms with Gasteiger partial charge in [-0.15, -0.1) is 0 Å². The van der Waals surface area contributed by atoms with Gasteiger partial charge in [0.15, 0.2) is 0 Å². The smallest absolute Gasteiger partial charge is 0.127 e. The van der Waals surface area contributed by atoms with Crippen molar-refractivity contribution < 1.29 is 4.74 Å². The van der Waals surface area contributed by atoms with Crippen LogP contribution >= 0.6 is 0 Å². The molecule has 0 radical (unpaired) electrons. The molecular weight excluding hydrogens is 244 g/mol. The highest BCUT2D eigenvalue weighted by atomic mass is 16.5. The Morgan fingerprint density at radius 2 is 1.45 bits per heavy atom. The van der Waals surface area contributed by atoms with Crippen LogP contribution in [0.25, 0.3) is 6.08 Å².